The van der Waals surface area contributed by atoms with Crippen molar-refractivity contribution < 1.29 is 14.3 Å². The number of benzene rings is 3. The number of halogens is 1. The van der Waals surface area contributed by atoms with Crippen molar-refractivity contribution in [2.75, 3.05) is 11.9 Å². The summed E-state index contributed by atoms with van der Waals surface area (Å²) in [6.07, 6.45) is 2.32. The first-order valence-corrected chi connectivity index (χ1v) is 11.9. The van der Waals surface area contributed by atoms with E-state index in [4.69, 9.17) is 9.47 Å². The molecule has 0 unspecified atom stereocenters. The molecule has 1 N–H and O–H groups in total. The lowest BCUT2D eigenvalue weighted by Gasteiger charge is -2.15. The van der Waals surface area contributed by atoms with Gasteiger partial charge >= 0.3 is 0 Å². The monoisotopic (exact) mass is 518 g/mol. The molecule has 3 aromatic rings. The molecule has 0 aliphatic heterocycles. The number of anilines is 1. The molecule has 0 heterocycles. The van der Waals surface area contributed by atoms with Crippen LogP contribution in [0, 0.1) is 18.3 Å². The van der Waals surface area contributed by atoms with Gasteiger partial charge in [-0.3, -0.25) is 4.79 Å². The minimum atomic E-state index is -0.461. The second-order valence-electron chi connectivity index (χ2n) is 7.67. The van der Waals surface area contributed by atoms with Crippen molar-refractivity contribution in [1.82, 2.24) is 0 Å². The lowest BCUT2D eigenvalue weighted by atomic mass is 10.1. The summed E-state index contributed by atoms with van der Waals surface area (Å²) in [5.74, 6) is 0.640. The van der Waals surface area contributed by atoms with Crippen LogP contribution >= 0.6 is 15.9 Å². The Balaban J connectivity index is 1.85. The molecule has 6 heteroatoms. The number of carbonyl (C=O) groups excluding carboxylic acids is 1. The predicted molar refractivity (Wildman–Crippen MR) is 139 cm³/mol. The van der Waals surface area contributed by atoms with Crippen LogP contribution in [0.1, 0.15) is 36.1 Å². The van der Waals surface area contributed by atoms with Crippen LogP contribution in [0.2, 0.25) is 0 Å². The van der Waals surface area contributed by atoms with Crippen LogP contribution in [0.15, 0.2) is 70.7 Å². The Kier molecular flexibility index (Phi) is 8.89. The van der Waals surface area contributed by atoms with E-state index >= 15 is 0 Å². The number of ether oxygens (including phenoxy) is 2. The van der Waals surface area contributed by atoms with Gasteiger partial charge in [0.1, 0.15) is 18.2 Å². The van der Waals surface area contributed by atoms with E-state index in [9.17, 15) is 10.1 Å². The molecular weight excluding hydrogens is 492 g/mol. The number of nitrogens with one attached hydrogen (secondary N) is 1. The summed E-state index contributed by atoms with van der Waals surface area (Å²) in [6.45, 7) is 6.77. The van der Waals surface area contributed by atoms with Crippen molar-refractivity contribution in [2.45, 2.75) is 33.8 Å². The molecule has 0 saturated heterocycles. The lowest BCUT2D eigenvalue weighted by molar-refractivity contribution is -0.112. The molecule has 3 aromatic carbocycles. The molecule has 174 valence electrons. The van der Waals surface area contributed by atoms with E-state index in [1.165, 1.54) is 5.56 Å². The zero-order valence-electron chi connectivity index (χ0n) is 19.5. The average molecular weight is 519 g/mol. The van der Waals surface area contributed by atoms with Gasteiger partial charge in [-0.2, -0.15) is 5.26 Å². The molecule has 0 aromatic heterocycles. The largest absolute Gasteiger partial charge is 0.490 e. The van der Waals surface area contributed by atoms with Crippen molar-refractivity contribution in [2.24, 2.45) is 0 Å². The van der Waals surface area contributed by atoms with Gasteiger partial charge in [0, 0.05) is 5.69 Å². The van der Waals surface area contributed by atoms with E-state index in [2.05, 4.69) is 21.2 Å². The van der Waals surface area contributed by atoms with Gasteiger partial charge in [-0.25, -0.2) is 0 Å². The van der Waals surface area contributed by atoms with Gasteiger partial charge in [-0.05, 0) is 77.2 Å². The third kappa shape index (κ3) is 6.49. The Bertz CT molecular complexity index is 1230. The normalized spacial score (nSPS) is 11.0. The molecular formula is C28H27BrN2O3. The second-order valence-corrected chi connectivity index (χ2v) is 8.53. The lowest BCUT2D eigenvalue weighted by Crippen LogP contribution is -2.14. The highest BCUT2D eigenvalue weighted by atomic mass is 79.9. The number of nitriles is 1. The number of nitrogens with zero attached hydrogens (tertiary/aromatic N) is 1. The van der Waals surface area contributed by atoms with E-state index in [0.717, 1.165) is 17.5 Å². The molecule has 5 nitrogen and oxygen atoms in total. The maximum Gasteiger partial charge on any atom is 0.266 e. The summed E-state index contributed by atoms with van der Waals surface area (Å²) in [5.41, 5.74) is 4.57. The van der Waals surface area contributed by atoms with Gasteiger partial charge in [0.05, 0.1) is 11.1 Å². The Hall–Kier alpha value is -3.56. The van der Waals surface area contributed by atoms with E-state index in [0.29, 0.717) is 40.4 Å². The van der Waals surface area contributed by atoms with Crippen LogP contribution in [-0.4, -0.2) is 12.5 Å². The zero-order valence-corrected chi connectivity index (χ0v) is 21.1. The SMILES string of the molecule is CCOc1cc(/C=C(\C#N)C(=O)Nc2ccccc2CC)cc(Br)c1OCc1ccc(C)cc1. The highest BCUT2D eigenvalue weighted by Crippen LogP contribution is 2.38. The molecule has 0 spiro atoms. The summed E-state index contributed by atoms with van der Waals surface area (Å²) in [6, 6.07) is 21.3. The standard InChI is InChI=1S/C28H27BrN2O3/c1-4-22-8-6-7-9-25(22)31-28(32)23(17-30)14-21-15-24(29)27(26(16-21)33-5-2)34-18-20-12-10-19(3)11-13-20/h6-16H,4-5,18H2,1-3H3,(H,31,32)/b23-14+. The second kappa shape index (κ2) is 12.1. The molecule has 34 heavy (non-hydrogen) atoms. The zero-order chi connectivity index (χ0) is 24.5. The smallest absolute Gasteiger partial charge is 0.266 e. The minimum Gasteiger partial charge on any atom is -0.490 e. The highest BCUT2D eigenvalue weighted by molar-refractivity contribution is 9.10. The van der Waals surface area contributed by atoms with Gasteiger partial charge in [0.25, 0.3) is 5.91 Å². The predicted octanol–water partition coefficient (Wildman–Crippen LogP) is 6.84. The Morgan fingerprint density at radius 3 is 2.50 bits per heavy atom. The van der Waals surface area contributed by atoms with Crippen LogP contribution in [0.3, 0.4) is 0 Å². The molecule has 0 saturated carbocycles. The van der Waals surface area contributed by atoms with Gasteiger partial charge in [-0.1, -0.05) is 55.0 Å². The number of aryl methyl sites for hydroxylation is 2. The van der Waals surface area contributed by atoms with E-state index < -0.39 is 5.91 Å². The maximum atomic E-state index is 12.8. The van der Waals surface area contributed by atoms with E-state index in [1.807, 2.05) is 75.4 Å². The molecule has 3 rings (SSSR count). The van der Waals surface area contributed by atoms with Crippen LogP contribution in [0.4, 0.5) is 5.69 Å². The number of hydrogen-bond donors (Lipinski definition) is 1. The van der Waals surface area contributed by atoms with Crippen LogP contribution in [-0.2, 0) is 17.8 Å². The third-order valence-electron chi connectivity index (χ3n) is 5.16. The molecule has 0 bridgehead atoms. The minimum absolute atomic E-state index is 0.00595. The number of carbonyl (C=O) groups is 1. The Labute approximate surface area is 209 Å². The molecule has 0 fully saturated rings. The fourth-order valence-corrected chi connectivity index (χ4v) is 3.94. The van der Waals surface area contributed by atoms with E-state index in [-0.39, 0.29) is 5.57 Å². The molecule has 1 amide bonds. The molecule has 0 aliphatic rings. The Morgan fingerprint density at radius 1 is 1.09 bits per heavy atom. The quantitative estimate of drug-likeness (QED) is 0.248. The van der Waals surface area contributed by atoms with Crippen molar-refractivity contribution in [3.8, 4) is 17.6 Å². The number of amides is 1. The van der Waals surface area contributed by atoms with Crippen LogP contribution in [0.25, 0.3) is 6.08 Å². The van der Waals surface area contributed by atoms with Crippen LogP contribution in [0.5, 0.6) is 11.5 Å². The summed E-state index contributed by atoms with van der Waals surface area (Å²) >= 11 is 3.56. The summed E-state index contributed by atoms with van der Waals surface area (Å²) in [7, 11) is 0. The molecule has 0 atom stereocenters. The third-order valence-corrected chi connectivity index (χ3v) is 5.75. The molecule has 0 aliphatic carbocycles. The van der Waals surface area contributed by atoms with Gasteiger partial charge in [0.2, 0.25) is 0 Å². The van der Waals surface area contributed by atoms with Crippen molar-refractivity contribution in [3.63, 3.8) is 0 Å². The van der Waals surface area contributed by atoms with Crippen molar-refractivity contribution in [1.29, 1.82) is 5.26 Å². The Morgan fingerprint density at radius 2 is 1.82 bits per heavy atom. The average Bonchev–Trinajstić information content (AvgIpc) is 2.83. The number of hydrogen-bond acceptors (Lipinski definition) is 4. The first kappa shape index (κ1) is 25.1. The number of rotatable bonds is 9. The highest BCUT2D eigenvalue weighted by Gasteiger charge is 2.15. The first-order valence-electron chi connectivity index (χ1n) is 11.1. The fourth-order valence-electron chi connectivity index (χ4n) is 3.37. The fraction of sp³-hybridized carbons (Fsp3) is 0.214. The maximum absolute atomic E-state index is 12.8. The van der Waals surface area contributed by atoms with E-state index in [1.54, 1.807) is 18.2 Å². The van der Waals surface area contributed by atoms with Gasteiger partial charge in [-0.15, -0.1) is 0 Å². The topological polar surface area (TPSA) is 71.3 Å². The summed E-state index contributed by atoms with van der Waals surface area (Å²) in [4.78, 5) is 12.8. The number of para-hydroxylation sites is 1. The summed E-state index contributed by atoms with van der Waals surface area (Å²) in [5, 5.41) is 12.5. The van der Waals surface area contributed by atoms with Gasteiger partial charge in [0.15, 0.2) is 11.5 Å². The van der Waals surface area contributed by atoms with Crippen molar-refractivity contribution in [3.05, 3.63) is 93.0 Å². The first-order chi connectivity index (χ1) is 16.4. The van der Waals surface area contributed by atoms with Crippen molar-refractivity contribution >= 4 is 33.6 Å². The van der Waals surface area contributed by atoms with Gasteiger partial charge < -0.3 is 14.8 Å². The molecule has 0 radical (unpaired) electrons. The van der Waals surface area contributed by atoms with Crippen LogP contribution < -0.4 is 14.8 Å². The summed E-state index contributed by atoms with van der Waals surface area (Å²) < 4.78 is 12.5.